The summed E-state index contributed by atoms with van der Waals surface area (Å²) in [4.78, 5) is 7.68. The molecule has 2 heterocycles. The minimum absolute atomic E-state index is 0.0341. The third-order valence-corrected chi connectivity index (χ3v) is 3.64. The fraction of sp³-hybridized carbons (Fsp3) is 0.154. The van der Waals surface area contributed by atoms with Gasteiger partial charge in [0.05, 0.1) is 10.6 Å². The fourth-order valence-corrected chi connectivity index (χ4v) is 2.64. The van der Waals surface area contributed by atoms with Crippen LogP contribution in [0.25, 0.3) is 16.9 Å². The van der Waals surface area contributed by atoms with Crippen LogP contribution < -0.4 is 5.32 Å². The Labute approximate surface area is 142 Å². The molecule has 0 bridgehead atoms. The van der Waals surface area contributed by atoms with Gasteiger partial charge in [-0.3, -0.25) is 0 Å². The number of benzene rings is 1. The summed E-state index contributed by atoms with van der Waals surface area (Å²) in [6.07, 6.45) is -3.43. The molecular formula is C13H7Cl2F4N5. The van der Waals surface area contributed by atoms with Crippen LogP contribution in [0.15, 0.2) is 24.5 Å². The smallest absolute Gasteiger partial charge is 0.360 e. The van der Waals surface area contributed by atoms with Crippen molar-refractivity contribution in [1.82, 2.24) is 19.6 Å². The zero-order valence-corrected chi connectivity index (χ0v) is 13.1. The molecule has 11 heteroatoms. The third-order valence-electron chi connectivity index (χ3n) is 3.05. The second-order valence-electron chi connectivity index (χ2n) is 4.66. The number of hydrogen-bond acceptors (Lipinski definition) is 4. The predicted molar refractivity (Wildman–Crippen MR) is 80.7 cm³/mol. The summed E-state index contributed by atoms with van der Waals surface area (Å²) in [6, 6.07) is 3.85. The van der Waals surface area contributed by atoms with Crippen LogP contribution in [0.5, 0.6) is 0 Å². The van der Waals surface area contributed by atoms with Gasteiger partial charge in [-0.15, -0.1) is 0 Å². The molecule has 0 atom stereocenters. The second kappa shape index (κ2) is 6.06. The van der Waals surface area contributed by atoms with Gasteiger partial charge < -0.3 is 5.32 Å². The van der Waals surface area contributed by atoms with Crippen molar-refractivity contribution in [3.63, 3.8) is 0 Å². The van der Waals surface area contributed by atoms with Gasteiger partial charge in [0.25, 0.3) is 5.78 Å². The highest BCUT2D eigenvalue weighted by molar-refractivity contribution is 6.36. The van der Waals surface area contributed by atoms with Gasteiger partial charge in [-0.2, -0.15) is 32.8 Å². The minimum Gasteiger partial charge on any atom is -0.360 e. The largest absolute Gasteiger partial charge is 0.405 e. The van der Waals surface area contributed by atoms with E-state index in [-0.39, 0.29) is 32.9 Å². The van der Waals surface area contributed by atoms with Crippen molar-refractivity contribution < 1.29 is 17.6 Å². The number of halogens is 6. The van der Waals surface area contributed by atoms with Crippen LogP contribution in [0.1, 0.15) is 0 Å². The summed E-state index contributed by atoms with van der Waals surface area (Å²) in [5, 5.41) is 5.67. The predicted octanol–water partition coefficient (Wildman–Crippen LogP) is 4.21. The van der Waals surface area contributed by atoms with E-state index in [9.17, 15) is 17.6 Å². The van der Waals surface area contributed by atoms with Gasteiger partial charge in [0, 0.05) is 5.56 Å². The molecule has 0 fully saturated rings. The Balaban J connectivity index is 2.28. The zero-order chi connectivity index (χ0) is 17.5. The first-order valence-corrected chi connectivity index (χ1v) is 7.18. The molecule has 0 aliphatic heterocycles. The molecule has 0 aliphatic rings. The molecule has 0 spiro atoms. The Kier molecular flexibility index (Phi) is 4.22. The summed E-state index contributed by atoms with van der Waals surface area (Å²) >= 11 is 12.1. The molecule has 24 heavy (non-hydrogen) atoms. The van der Waals surface area contributed by atoms with E-state index in [0.29, 0.717) is 0 Å². The van der Waals surface area contributed by atoms with Crippen molar-refractivity contribution in [3.05, 3.63) is 40.5 Å². The van der Waals surface area contributed by atoms with E-state index in [2.05, 4.69) is 20.4 Å². The maximum atomic E-state index is 14.2. The van der Waals surface area contributed by atoms with Crippen LogP contribution in [0, 0.1) is 5.82 Å². The Bertz CT molecular complexity index is 889. The molecule has 1 N–H and O–H groups in total. The Morgan fingerprint density at radius 3 is 2.58 bits per heavy atom. The van der Waals surface area contributed by atoms with Crippen LogP contribution in [-0.2, 0) is 0 Å². The van der Waals surface area contributed by atoms with Gasteiger partial charge in [-0.1, -0.05) is 29.3 Å². The van der Waals surface area contributed by atoms with E-state index in [1.54, 1.807) is 0 Å². The highest BCUT2D eigenvalue weighted by Gasteiger charge is 2.29. The van der Waals surface area contributed by atoms with Gasteiger partial charge in [-0.05, 0) is 12.1 Å². The Morgan fingerprint density at radius 1 is 1.17 bits per heavy atom. The summed E-state index contributed by atoms with van der Waals surface area (Å²) in [6.45, 7) is -1.39. The number of rotatable bonds is 3. The standard InChI is InChI=1S/C13H7Cl2F4N5/c14-6-2-1-3-7(16)8(6)9-10(15)23-12-21-5-22-24(12)11(9)20-4-13(17,18)19/h1-3,5,20H,4H2. The maximum absolute atomic E-state index is 14.2. The molecule has 2 aromatic heterocycles. The van der Waals surface area contributed by atoms with Crippen molar-refractivity contribution in [1.29, 1.82) is 0 Å². The van der Waals surface area contributed by atoms with Crippen LogP contribution in [-0.4, -0.2) is 32.3 Å². The lowest BCUT2D eigenvalue weighted by atomic mass is 10.1. The lowest BCUT2D eigenvalue weighted by Gasteiger charge is -2.16. The minimum atomic E-state index is -4.51. The molecule has 0 saturated carbocycles. The van der Waals surface area contributed by atoms with E-state index in [1.165, 1.54) is 12.1 Å². The molecule has 0 amide bonds. The van der Waals surface area contributed by atoms with E-state index in [0.717, 1.165) is 16.9 Å². The molecule has 5 nitrogen and oxygen atoms in total. The fourth-order valence-electron chi connectivity index (χ4n) is 2.12. The molecule has 0 unspecified atom stereocenters. The number of nitrogens with zero attached hydrogens (tertiary/aromatic N) is 4. The molecular weight excluding hydrogens is 373 g/mol. The Morgan fingerprint density at radius 2 is 1.92 bits per heavy atom. The zero-order valence-electron chi connectivity index (χ0n) is 11.6. The first kappa shape index (κ1) is 16.7. The van der Waals surface area contributed by atoms with Crippen LogP contribution in [0.3, 0.4) is 0 Å². The number of nitrogens with one attached hydrogen (secondary N) is 1. The molecule has 126 valence electrons. The van der Waals surface area contributed by atoms with Crippen LogP contribution in [0.2, 0.25) is 10.2 Å². The third kappa shape index (κ3) is 3.09. The summed E-state index contributed by atoms with van der Waals surface area (Å²) in [5.41, 5.74) is -0.319. The van der Waals surface area contributed by atoms with Crippen LogP contribution >= 0.6 is 23.2 Å². The molecule has 0 radical (unpaired) electrons. The van der Waals surface area contributed by atoms with Crippen LogP contribution in [0.4, 0.5) is 23.4 Å². The quantitative estimate of drug-likeness (QED) is 0.547. The molecule has 0 aliphatic carbocycles. The SMILES string of the molecule is Fc1cccc(Cl)c1-c1c(Cl)nc2ncnn2c1NCC(F)(F)F. The first-order valence-electron chi connectivity index (χ1n) is 6.42. The number of anilines is 1. The van der Waals surface area contributed by atoms with E-state index >= 15 is 0 Å². The number of hydrogen-bond donors (Lipinski definition) is 1. The summed E-state index contributed by atoms with van der Waals surface area (Å²) in [7, 11) is 0. The molecule has 3 rings (SSSR count). The molecule has 1 aromatic carbocycles. The van der Waals surface area contributed by atoms with Gasteiger partial charge >= 0.3 is 6.18 Å². The van der Waals surface area contributed by atoms with Crippen molar-refractivity contribution in [2.45, 2.75) is 6.18 Å². The molecule has 0 saturated heterocycles. The first-order chi connectivity index (χ1) is 11.3. The molecule has 3 aromatic rings. The van der Waals surface area contributed by atoms with Gasteiger partial charge in [0.2, 0.25) is 0 Å². The number of aromatic nitrogens is 4. The second-order valence-corrected chi connectivity index (χ2v) is 5.43. The summed E-state index contributed by atoms with van der Waals surface area (Å²) in [5.74, 6) is -1.02. The number of fused-ring (bicyclic) bond motifs is 1. The highest BCUT2D eigenvalue weighted by atomic mass is 35.5. The van der Waals surface area contributed by atoms with E-state index in [4.69, 9.17) is 23.2 Å². The van der Waals surface area contributed by atoms with E-state index < -0.39 is 18.5 Å². The lowest BCUT2D eigenvalue weighted by Crippen LogP contribution is -2.23. The average molecular weight is 380 g/mol. The lowest BCUT2D eigenvalue weighted by molar-refractivity contribution is -0.115. The number of alkyl halides is 3. The van der Waals surface area contributed by atoms with E-state index in [1.807, 2.05) is 0 Å². The summed E-state index contributed by atoms with van der Waals surface area (Å²) < 4.78 is 53.0. The highest BCUT2D eigenvalue weighted by Crippen LogP contribution is 2.39. The van der Waals surface area contributed by atoms with Crippen molar-refractivity contribution in [2.24, 2.45) is 0 Å². The van der Waals surface area contributed by atoms with Crippen molar-refractivity contribution >= 4 is 34.8 Å². The van der Waals surface area contributed by atoms with Gasteiger partial charge in [0.1, 0.15) is 29.7 Å². The Hall–Kier alpha value is -2.13. The monoisotopic (exact) mass is 379 g/mol. The average Bonchev–Trinajstić information content (AvgIpc) is 2.93. The topological polar surface area (TPSA) is 55.1 Å². The normalized spacial score (nSPS) is 11.9. The van der Waals surface area contributed by atoms with Gasteiger partial charge in [-0.25, -0.2) is 4.39 Å². The maximum Gasteiger partial charge on any atom is 0.405 e. The van der Waals surface area contributed by atoms with Crippen molar-refractivity contribution in [2.75, 3.05) is 11.9 Å². The van der Waals surface area contributed by atoms with Crippen molar-refractivity contribution in [3.8, 4) is 11.1 Å². The van der Waals surface area contributed by atoms with Gasteiger partial charge in [0.15, 0.2) is 0 Å².